The predicted molar refractivity (Wildman–Crippen MR) is 234 cm³/mol. The maximum Gasteiger partial charge on any atom is 0.333 e. The number of unbranched alkanes of at least 4 members (excludes halogenated alkanes) is 2. The maximum absolute atomic E-state index is 12.6. The Morgan fingerprint density at radius 1 is 0.902 bits per heavy atom. The van der Waals surface area contributed by atoms with E-state index in [1.165, 1.54) is 18.2 Å². The largest absolute Gasteiger partial charge is 0.492 e. The van der Waals surface area contributed by atoms with Crippen LogP contribution < -0.4 is 14.5 Å². The monoisotopic (exact) mass is 852 g/mol. The van der Waals surface area contributed by atoms with Gasteiger partial charge in [-0.05, 0) is 82.9 Å². The molecule has 7 rings (SSSR count). The summed E-state index contributed by atoms with van der Waals surface area (Å²) in [4.78, 5) is 19.8. The van der Waals surface area contributed by atoms with Crippen LogP contribution in [0.4, 0.5) is 11.4 Å². The minimum atomic E-state index is -4.48. The molecule has 3 aliphatic heterocycles. The lowest BCUT2D eigenvalue weighted by molar-refractivity contribution is -0.438. The van der Waals surface area contributed by atoms with E-state index in [1.54, 1.807) is 19.2 Å². The van der Waals surface area contributed by atoms with Crippen molar-refractivity contribution < 1.29 is 51.6 Å². The number of fused-ring (bicyclic) bond motifs is 3. The standard InChI is InChI=1S/C47H53N3O10S/c1-31-30-46(2,3)49(21-22-58-24-23-57-6)39-29-41-36(28-35(31)39)33(25-40(59-41)32-13-9-7-10-14-32)26-42-47(4,5)37-27-34(61(54,55)56)16-17-38(37)48(42)20-12-8-11-15-45(53)60-50-43(51)18-19-44(50)52/h7,9-10,13-14,16-19,25-30H,8,11-12,15,20-24H2,1-6H3,(H2-,51,52,54,55,56)/p+1. The SMILES string of the molecule is COCCOCCN1c2cc3c(cc2C(C)=CC1(C)C)C(=CC1=[N+](CCCCCC(=O)On2c(O)ccc2O)c2ccc(S(=O)(=O)O)cc2C1(C)C)C=C(c1ccccc1)O3. The van der Waals surface area contributed by atoms with E-state index in [1.807, 2.05) is 44.2 Å². The van der Waals surface area contributed by atoms with Crippen LogP contribution in [0.5, 0.6) is 17.5 Å². The van der Waals surface area contributed by atoms with Gasteiger partial charge >= 0.3 is 5.97 Å². The summed E-state index contributed by atoms with van der Waals surface area (Å²) < 4.78 is 55.6. The van der Waals surface area contributed by atoms with Gasteiger partial charge in [0.05, 0.1) is 35.7 Å². The Morgan fingerprint density at radius 3 is 2.34 bits per heavy atom. The third kappa shape index (κ3) is 9.03. The number of nitrogens with zero attached hydrogens (tertiary/aromatic N) is 3. The molecule has 61 heavy (non-hydrogen) atoms. The fourth-order valence-electron chi connectivity index (χ4n) is 8.48. The van der Waals surface area contributed by atoms with Crippen LogP contribution in [0.25, 0.3) is 16.9 Å². The number of methoxy groups -OCH3 is 1. The molecule has 322 valence electrons. The van der Waals surface area contributed by atoms with E-state index in [0.29, 0.717) is 68.4 Å². The van der Waals surface area contributed by atoms with E-state index >= 15 is 0 Å². The van der Waals surface area contributed by atoms with E-state index in [9.17, 15) is 28.0 Å². The normalized spacial score (nSPS) is 17.0. The second-order valence-electron chi connectivity index (χ2n) is 16.6. The number of allylic oxidation sites excluding steroid dienone is 4. The van der Waals surface area contributed by atoms with Crippen LogP contribution in [-0.4, -0.2) is 89.7 Å². The minimum absolute atomic E-state index is 0.0644. The Balaban J connectivity index is 1.28. The molecule has 0 spiro atoms. The Hall–Kier alpha value is -5.67. The summed E-state index contributed by atoms with van der Waals surface area (Å²) >= 11 is 0. The average Bonchev–Trinajstić information content (AvgIpc) is 3.63. The fourth-order valence-corrected chi connectivity index (χ4v) is 8.98. The highest BCUT2D eigenvalue weighted by Gasteiger charge is 2.45. The van der Waals surface area contributed by atoms with E-state index in [2.05, 4.69) is 60.6 Å². The van der Waals surface area contributed by atoms with Crippen molar-refractivity contribution in [1.82, 2.24) is 4.73 Å². The molecule has 4 heterocycles. The Kier molecular flexibility index (Phi) is 12.4. The first-order valence-electron chi connectivity index (χ1n) is 20.5. The van der Waals surface area contributed by atoms with Crippen molar-refractivity contribution in [3.63, 3.8) is 0 Å². The zero-order valence-corrected chi connectivity index (χ0v) is 36.3. The molecule has 1 aromatic heterocycles. The van der Waals surface area contributed by atoms with Gasteiger partial charge in [-0.2, -0.15) is 13.0 Å². The van der Waals surface area contributed by atoms with Gasteiger partial charge in [0.15, 0.2) is 5.71 Å². The first-order chi connectivity index (χ1) is 29.0. The van der Waals surface area contributed by atoms with E-state index < -0.39 is 21.5 Å². The van der Waals surface area contributed by atoms with Gasteiger partial charge in [-0.1, -0.05) is 36.4 Å². The van der Waals surface area contributed by atoms with Crippen LogP contribution in [0.3, 0.4) is 0 Å². The molecule has 3 N–H and O–H groups in total. The van der Waals surface area contributed by atoms with Gasteiger partial charge in [0.1, 0.15) is 18.1 Å². The Labute approximate surface area is 357 Å². The average molecular weight is 853 g/mol. The first kappa shape index (κ1) is 43.4. The zero-order valence-electron chi connectivity index (χ0n) is 35.5. The van der Waals surface area contributed by atoms with Gasteiger partial charge in [0.2, 0.25) is 17.4 Å². The van der Waals surface area contributed by atoms with Crippen molar-refractivity contribution in [3.8, 4) is 17.5 Å². The quantitative estimate of drug-likeness (QED) is 0.0571. The number of ether oxygens (including phenoxy) is 3. The minimum Gasteiger partial charge on any atom is -0.492 e. The number of anilines is 1. The zero-order chi connectivity index (χ0) is 43.7. The highest BCUT2D eigenvalue weighted by atomic mass is 32.2. The van der Waals surface area contributed by atoms with Crippen molar-refractivity contribution >= 4 is 50.1 Å². The van der Waals surface area contributed by atoms with Crippen molar-refractivity contribution in [1.29, 1.82) is 0 Å². The Morgan fingerprint density at radius 2 is 1.64 bits per heavy atom. The molecule has 0 radical (unpaired) electrons. The van der Waals surface area contributed by atoms with Crippen LogP contribution in [0.1, 0.15) is 82.6 Å². The summed E-state index contributed by atoms with van der Waals surface area (Å²) in [5, 5.41) is 19.7. The molecule has 14 heteroatoms. The predicted octanol–water partition coefficient (Wildman–Crippen LogP) is 7.92. The smallest absolute Gasteiger partial charge is 0.333 e. The number of carbonyl (C=O) groups excluding carboxylic acids is 1. The fraction of sp³-hybridized carbons (Fsp3) is 0.362. The summed E-state index contributed by atoms with van der Waals surface area (Å²) in [5.74, 6) is 0.0109. The first-order valence-corrected chi connectivity index (χ1v) is 21.9. The van der Waals surface area contributed by atoms with Crippen LogP contribution in [0.2, 0.25) is 0 Å². The molecular weight excluding hydrogens is 799 g/mol. The van der Waals surface area contributed by atoms with Crippen LogP contribution in [-0.2, 0) is 29.8 Å². The molecule has 0 saturated carbocycles. The summed E-state index contributed by atoms with van der Waals surface area (Å²) in [6.45, 7) is 13.4. The molecular formula is C47H54N3O10S+. The van der Waals surface area contributed by atoms with Crippen molar-refractivity contribution in [2.24, 2.45) is 0 Å². The number of rotatable bonds is 16. The van der Waals surface area contributed by atoms with E-state index in [-0.39, 0.29) is 28.6 Å². The summed E-state index contributed by atoms with van der Waals surface area (Å²) in [5.41, 5.74) is 7.45. The van der Waals surface area contributed by atoms with Crippen molar-refractivity contribution in [2.45, 2.75) is 76.2 Å². The molecule has 3 aliphatic rings. The number of aromatic nitrogens is 1. The number of benzene rings is 3. The van der Waals surface area contributed by atoms with Gasteiger partial charge < -0.3 is 34.2 Å². The summed E-state index contributed by atoms with van der Waals surface area (Å²) in [6.07, 6.45) is 8.36. The van der Waals surface area contributed by atoms with Gasteiger partial charge in [0, 0.05) is 84.8 Å². The number of aromatic hydroxyl groups is 2. The molecule has 0 fully saturated rings. The maximum atomic E-state index is 12.6. The van der Waals surface area contributed by atoms with E-state index in [0.717, 1.165) is 50.5 Å². The molecule has 0 bridgehead atoms. The molecule has 0 unspecified atom stereocenters. The lowest BCUT2D eigenvalue weighted by atomic mass is 9.80. The Bertz CT molecular complexity index is 2550. The van der Waals surface area contributed by atoms with Crippen LogP contribution >= 0.6 is 0 Å². The second kappa shape index (κ2) is 17.4. The van der Waals surface area contributed by atoms with Gasteiger partial charge in [-0.15, -0.1) is 4.73 Å². The molecule has 0 aliphatic carbocycles. The lowest BCUT2D eigenvalue weighted by Gasteiger charge is -2.44. The highest BCUT2D eigenvalue weighted by Crippen LogP contribution is 2.48. The highest BCUT2D eigenvalue weighted by molar-refractivity contribution is 7.85. The van der Waals surface area contributed by atoms with Crippen molar-refractivity contribution in [2.75, 3.05) is 44.9 Å². The molecule has 4 aromatic rings. The van der Waals surface area contributed by atoms with Crippen LogP contribution in [0.15, 0.2) is 95.9 Å². The van der Waals surface area contributed by atoms with Crippen LogP contribution in [0, 0.1) is 0 Å². The molecule has 0 amide bonds. The molecule has 0 saturated heterocycles. The third-order valence-corrected chi connectivity index (χ3v) is 12.4. The van der Waals surface area contributed by atoms with Gasteiger partial charge in [-0.3, -0.25) is 4.55 Å². The summed E-state index contributed by atoms with van der Waals surface area (Å²) in [6, 6.07) is 21.4. The van der Waals surface area contributed by atoms with E-state index in [4.69, 9.17) is 19.0 Å². The number of carbonyl (C=O) groups is 1. The summed E-state index contributed by atoms with van der Waals surface area (Å²) in [7, 11) is -2.82. The molecule has 0 atom stereocenters. The van der Waals surface area contributed by atoms with Gasteiger partial charge in [0.25, 0.3) is 10.1 Å². The second-order valence-corrected chi connectivity index (χ2v) is 18.0. The number of hydrogen-bond donors (Lipinski definition) is 3. The topological polar surface area (TPSA) is 160 Å². The van der Waals surface area contributed by atoms with Crippen molar-refractivity contribution in [3.05, 3.63) is 113 Å². The number of hydrogen-bond acceptors (Lipinski definition) is 10. The lowest BCUT2D eigenvalue weighted by Crippen LogP contribution is -2.46. The molecule has 3 aromatic carbocycles. The third-order valence-electron chi connectivity index (χ3n) is 11.6. The molecule has 13 nitrogen and oxygen atoms in total. The van der Waals surface area contributed by atoms with Gasteiger partial charge in [-0.25, -0.2) is 4.79 Å².